The summed E-state index contributed by atoms with van der Waals surface area (Å²) in [6.45, 7) is 2.71. The fourth-order valence-corrected chi connectivity index (χ4v) is 1.54. The molecule has 0 bridgehead atoms. The minimum Gasteiger partial charge on any atom is -0.469 e. The first-order valence-corrected chi connectivity index (χ1v) is 5.58. The van der Waals surface area contributed by atoms with E-state index >= 15 is 0 Å². The second-order valence-corrected chi connectivity index (χ2v) is 3.79. The molecule has 0 saturated carbocycles. The molecule has 1 aromatic heterocycles. The van der Waals surface area contributed by atoms with Crippen LogP contribution in [0.25, 0.3) is 0 Å². The molecule has 0 radical (unpaired) electrons. The Kier molecular flexibility index (Phi) is 5.05. The quantitative estimate of drug-likeness (QED) is 0.752. The molecular weight excluding hydrogens is 206 g/mol. The number of carbonyl (C=O) groups excluding carboxylic acids is 1. The van der Waals surface area contributed by atoms with Gasteiger partial charge in [0.05, 0.1) is 13.2 Å². The van der Waals surface area contributed by atoms with Crippen LogP contribution >= 0.6 is 0 Å². The Labute approximate surface area is 95.8 Å². The molecule has 0 saturated heterocycles. The van der Waals surface area contributed by atoms with Gasteiger partial charge in [0.25, 0.3) is 0 Å². The topological polar surface area (TPSA) is 51.5 Å². The normalized spacial score (nSPS) is 12.4. The van der Waals surface area contributed by atoms with Gasteiger partial charge in [-0.2, -0.15) is 0 Å². The Morgan fingerprint density at radius 3 is 3.00 bits per heavy atom. The van der Waals surface area contributed by atoms with Gasteiger partial charge in [0.2, 0.25) is 0 Å². The highest BCUT2D eigenvalue weighted by atomic mass is 16.5. The van der Waals surface area contributed by atoms with Gasteiger partial charge in [-0.1, -0.05) is 6.92 Å². The maximum Gasteiger partial charge on any atom is 0.305 e. The summed E-state index contributed by atoms with van der Waals surface area (Å²) in [6, 6.07) is 1.91. The summed E-state index contributed by atoms with van der Waals surface area (Å²) in [5.41, 5.74) is 0.931. The Bertz CT molecular complexity index is 333. The Morgan fingerprint density at radius 2 is 2.38 bits per heavy atom. The van der Waals surface area contributed by atoms with Gasteiger partial charge in [-0.25, -0.2) is 0 Å². The van der Waals surface area contributed by atoms with Gasteiger partial charge in [-0.15, -0.1) is 0 Å². The van der Waals surface area contributed by atoms with Crippen LogP contribution in [0.4, 0.5) is 0 Å². The number of methoxy groups -OCH3 is 1. The zero-order chi connectivity index (χ0) is 12.0. The lowest BCUT2D eigenvalue weighted by atomic mass is 10.1. The van der Waals surface area contributed by atoms with Gasteiger partial charge in [0, 0.05) is 25.4 Å². The molecule has 1 heterocycles. The highest BCUT2D eigenvalue weighted by Gasteiger charge is 2.06. The number of nitrogens with zero attached hydrogens (tertiary/aromatic N) is 1. The van der Waals surface area contributed by atoms with E-state index in [-0.39, 0.29) is 12.1 Å². The zero-order valence-corrected chi connectivity index (χ0v) is 9.85. The Balaban J connectivity index is 2.37. The largest absolute Gasteiger partial charge is 0.469 e. The summed E-state index contributed by atoms with van der Waals surface area (Å²) in [7, 11) is 1.40. The first-order valence-electron chi connectivity index (χ1n) is 5.58. The van der Waals surface area contributed by atoms with Crippen LogP contribution in [-0.2, 0) is 16.1 Å². The Hall–Kier alpha value is -1.29. The lowest BCUT2D eigenvalue weighted by Gasteiger charge is -2.04. The first-order chi connectivity index (χ1) is 7.67. The number of hydrogen-bond acceptors (Lipinski definition) is 3. The van der Waals surface area contributed by atoms with E-state index in [4.69, 9.17) is 0 Å². The SMILES string of the molecule is CCC(O)c1ccn(CCCC(=O)OC)c1. The standard InChI is InChI=1S/C12H19NO3/c1-3-11(14)10-6-8-13(9-10)7-4-5-12(15)16-2/h6,8-9,11,14H,3-5,7H2,1-2H3. The van der Waals surface area contributed by atoms with Crippen molar-refractivity contribution < 1.29 is 14.6 Å². The van der Waals surface area contributed by atoms with E-state index < -0.39 is 0 Å². The molecule has 0 aliphatic heterocycles. The molecule has 90 valence electrons. The van der Waals surface area contributed by atoms with Crippen LogP contribution in [0.2, 0.25) is 0 Å². The number of rotatable bonds is 6. The number of aliphatic hydroxyl groups excluding tert-OH is 1. The average molecular weight is 225 g/mol. The van der Waals surface area contributed by atoms with Crippen molar-refractivity contribution in [1.82, 2.24) is 4.57 Å². The number of aromatic nitrogens is 1. The molecular formula is C12H19NO3. The molecule has 0 spiro atoms. The van der Waals surface area contributed by atoms with Crippen molar-refractivity contribution in [1.29, 1.82) is 0 Å². The van der Waals surface area contributed by atoms with Crippen molar-refractivity contribution in [2.24, 2.45) is 0 Å². The molecule has 4 heteroatoms. The third-order valence-corrected chi connectivity index (χ3v) is 2.57. The molecule has 4 nitrogen and oxygen atoms in total. The smallest absolute Gasteiger partial charge is 0.305 e. The van der Waals surface area contributed by atoms with Gasteiger partial charge < -0.3 is 14.4 Å². The van der Waals surface area contributed by atoms with Crippen molar-refractivity contribution in [3.05, 3.63) is 24.0 Å². The number of ether oxygens (including phenoxy) is 1. The minimum absolute atomic E-state index is 0.180. The van der Waals surface area contributed by atoms with Gasteiger partial charge in [0.1, 0.15) is 0 Å². The summed E-state index contributed by atoms with van der Waals surface area (Å²) in [4.78, 5) is 10.9. The molecule has 0 aromatic carbocycles. The van der Waals surface area contributed by atoms with Crippen LogP contribution in [0.1, 0.15) is 37.9 Å². The van der Waals surface area contributed by atoms with Gasteiger partial charge in [-0.3, -0.25) is 4.79 Å². The molecule has 1 atom stereocenters. The van der Waals surface area contributed by atoms with E-state index in [1.165, 1.54) is 7.11 Å². The fraction of sp³-hybridized carbons (Fsp3) is 0.583. The highest BCUT2D eigenvalue weighted by Crippen LogP contribution is 2.16. The van der Waals surface area contributed by atoms with E-state index in [2.05, 4.69) is 4.74 Å². The van der Waals surface area contributed by atoms with E-state index in [1.807, 2.05) is 30.0 Å². The summed E-state index contributed by atoms with van der Waals surface area (Å²) in [5, 5.41) is 9.61. The van der Waals surface area contributed by atoms with Gasteiger partial charge in [-0.05, 0) is 24.5 Å². The lowest BCUT2D eigenvalue weighted by molar-refractivity contribution is -0.140. The second kappa shape index (κ2) is 6.33. The number of aliphatic hydroxyl groups is 1. The van der Waals surface area contributed by atoms with E-state index in [0.29, 0.717) is 12.8 Å². The van der Waals surface area contributed by atoms with Gasteiger partial charge in [0.15, 0.2) is 0 Å². The predicted molar refractivity (Wildman–Crippen MR) is 60.9 cm³/mol. The number of esters is 1. The summed E-state index contributed by atoms with van der Waals surface area (Å²) in [6.07, 6.45) is 5.36. The Morgan fingerprint density at radius 1 is 1.62 bits per heavy atom. The summed E-state index contributed by atoms with van der Waals surface area (Å²) in [5.74, 6) is -0.180. The lowest BCUT2D eigenvalue weighted by Crippen LogP contribution is -2.03. The predicted octanol–water partition coefficient (Wildman–Crippen LogP) is 1.88. The fourth-order valence-electron chi connectivity index (χ4n) is 1.54. The van der Waals surface area contributed by atoms with E-state index in [0.717, 1.165) is 18.5 Å². The molecule has 1 rings (SSSR count). The minimum atomic E-state index is -0.387. The van der Waals surface area contributed by atoms with Crippen LogP contribution in [-0.4, -0.2) is 22.8 Å². The van der Waals surface area contributed by atoms with Crippen LogP contribution < -0.4 is 0 Å². The van der Waals surface area contributed by atoms with Crippen LogP contribution in [0.15, 0.2) is 18.5 Å². The number of carbonyl (C=O) groups is 1. The van der Waals surface area contributed by atoms with Crippen molar-refractivity contribution in [3.8, 4) is 0 Å². The van der Waals surface area contributed by atoms with Crippen molar-refractivity contribution in [2.45, 2.75) is 38.8 Å². The monoisotopic (exact) mass is 225 g/mol. The zero-order valence-electron chi connectivity index (χ0n) is 9.85. The van der Waals surface area contributed by atoms with Crippen LogP contribution in [0.3, 0.4) is 0 Å². The maximum atomic E-state index is 10.9. The first kappa shape index (κ1) is 12.8. The average Bonchev–Trinajstić information content (AvgIpc) is 2.76. The molecule has 0 aliphatic rings. The molecule has 0 amide bonds. The van der Waals surface area contributed by atoms with E-state index in [9.17, 15) is 9.90 Å². The molecule has 0 fully saturated rings. The van der Waals surface area contributed by atoms with Crippen molar-refractivity contribution in [2.75, 3.05) is 7.11 Å². The molecule has 0 aliphatic carbocycles. The molecule has 1 aromatic rings. The highest BCUT2D eigenvalue weighted by molar-refractivity contribution is 5.68. The summed E-state index contributed by atoms with van der Waals surface area (Å²) < 4.78 is 6.54. The second-order valence-electron chi connectivity index (χ2n) is 3.79. The third-order valence-electron chi connectivity index (χ3n) is 2.57. The maximum absolute atomic E-state index is 10.9. The number of hydrogen-bond donors (Lipinski definition) is 1. The summed E-state index contributed by atoms with van der Waals surface area (Å²) >= 11 is 0. The van der Waals surface area contributed by atoms with Crippen molar-refractivity contribution in [3.63, 3.8) is 0 Å². The molecule has 16 heavy (non-hydrogen) atoms. The van der Waals surface area contributed by atoms with Crippen molar-refractivity contribution >= 4 is 5.97 Å². The third kappa shape index (κ3) is 3.70. The van der Waals surface area contributed by atoms with Crippen LogP contribution in [0, 0.1) is 0 Å². The molecule has 1 unspecified atom stereocenters. The van der Waals surface area contributed by atoms with Gasteiger partial charge >= 0.3 is 5.97 Å². The van der Waals surface area contributed by atoms with E-state index in [1.54, 1.807) is 0 Å². The molecule has 1 N–H and O–H groups in total. The van der Waals surface area contributed by atoms with Crippen LogP contribution in [0.5, 0.6) is 0 Å². The number of aryl methyl sites for hydroxylation is 1.